The highest BCUT2D eigenvalue weighted by Crippen LogP contribution is 2.27. The van der Waals surface area contributed by atoms with E-state index in [0.29, 0.717) is 6.54 Å². The molecule has 0 radical (unpaired) electrons. The van der Waals surface area contributed by atoms with Crippen molar-refractivity contribution >= 4 is 5.65 Å². The Hall–Kier alpha value is -2.33. The molecule has 2 heterocycles. The minimum Gasteiger partial charge on any atom is -0.491 e. The molecule has 0 unspecified atom stereocenters. The minimum atomic E-state index is 0.173. The molecule has 2 aromatic heterocycles. The summed E-state index contributed by atoms with van der Waals surface area (Å²) in [6.45, 7) is 6.75. The average Bonchev–Trinajstić information content (AvgIpc) is 2.88. The van der Waals surface area contributed by atoms with Crippen LogP contribution in [0.3, 0.4) is 0 Å². The van der Waals surface area contributed by atoms with E-state index in [1.165, 1.54) is 5.69 Å². The number of fused-ring (bicyclic) bond motifs is 1. The van der Waals surface area contributed by atoms with Crippen LogP contribution >= 0.6 is 0 Å². The number of ether oxygens (including phenoxy) is 1. The van der Waals surface area contributed by atoms with Crippen molar-refractivity contribution in [3.8, 4) is 17.0 Å². The van der Waals surface area contributed by atoms with Gasteiger partial charge in [-0.1, -0.05) is 6.07 Å². The Balaban J connectivity index is 2.08. The summed E-state index contributed by atoms with van der Waals surface area (Å²) < 4.78 is 7.91. The summed E-state index contributed by atoms with van der Waals surface area (Å²) in [6.07, 6.45) is 0.970. The first-order valence-electron chi connectivity index (χ1n) is 8.04. The fourth-order valence-electron chi connectivity index (χ4n) is 2.89. The number of hydrogen-bond donors (Lipinski definition) is 1. The van der Waals surface area contributed by atoms with Crippen molar-refractivity contribution in [2.75, 3.05) is 6.54 Å². The zero-order valence-electron chi connectivity index (χ0n) is 13.9. The Morgan fingerprint density at radius 2 is 1.87 bits per heavy atom. The molecular weight excluding hydrogens is 286 g/mol. The number of imidazole rings is 1. The molecule has 3 rings (SSSR count). The van der Waals surface area contributed by atoms with E-state index in [-0.39, 0.29) is 6.10 Å². The van der Waals surface area contributed by atoms with Crippen LogP contribution in [0.4, 0.5) is 0 Å². The Kier molecular flexibility index (Phi) is 4.35. The Labute approximate surface area is 136 Å². The lowest BCUT2D eigenvalue weighted by Crippen LogP contribution is -2.07. The molecule has 1 aromatic carbocycles. The average molecular weight is 309 g/mol. The van der Waals surface area contributed by atoms with Crippen molar-refractivity contribution in [1.82, 2.24) is 9.38 Å². The number of hydrogen-bond acceptors (Lipinski definition) is 3. The van der Waals surface area contributed by atoms with Gasteiger partial charge < -0.3 is 14.9 Å². The van der Waals surface area contributed by atoms with Crippen LogP contribution in [-0.2, 0) is 6.42 Å². The second kappa shape index (κ2) is 6.42. The number of pyridine rings is 1. The highest BCUT2D eigenvalue weighted by Gasteiger charge is 2.14. The van der Waals surface area contributed by atoms with Gasteiger partial charge in [0.05, 0.1) is 17.5 Å². The molecule has 3 aromatic rings. The van der Waals surface area contributed by atoms with Gasteiger partial charge in [0, 0.05) is 17.7 Å². The first-order valence-corrected chi connectivity index (χ1v) is 8.04. The van der Waals surface area contributed by atoms with Gasteiger partial charge in [0.2, 0.25) is 0 Å². The summed E-state index contributed by atoms with van der Waals surface area (Å²) in [4.78, 5) is 4.82. The first kappa shape index (κ1) is 15.6. The number of aryl methyl sites for hydroxylation is 1. The maximum absolute atomic E-state index is 5.83. The smallest absolute Gasteiger partial charge is 0.137 e. The molecule has 0 aliphatic heterocycles. The van der Waals surface area contributed by atoms with Crippen molar-refractivity contribution in [2.45, 2.75) is 33.3 Å². The van der Waals surface area contributed by atoms with Crippen LogP contribution in [0, 0.1) is 6.92 Å². The van der Waals surface area contributed by atoms with E-state index < -0.39 is 0 Å². The van der Waals surface area contributed by atoms with E-state index >= 15 is 0 Å². The van der Waals surface area contributed by atoms with Gasteiger partial charge in [0.25, 0.3) is 0 Å². The monoisotopic (exact) mass is 309 g/mol. The van der Waals surface area contributed by atoms with Crippen LogP contribution in [0.15, 0.2) is 42.5 Å². The van der Waals surface area contributed by atoms with Gasteiger partial charge in [-0.3, -0.25) is 0 Å². The van der Waals surface area contributed by atoms with E-state index in [2.05, 4.69) is 29.5 Å². The van der Waals surface area contributed by atoms with E-state index in [1.807, 2.05) is 38.1 Å². The molecule has 0 saturated carbocycles. The van der Waals surface area contributed by atoms with Crippen LogP contribution in [0.5, 0.6) is 5.75 Å². The van der Waals surface area contributed by atoms with Crippen LogP contribution in [0.2, 0.25) is 0 Å². The summed E-state index contributed by atoms with van der Waals surface area (Å²) in [5.74, 6) is 0.879. The third-order valence-corrected chi connectivity index (χ3v) is 3.81. The highest BCUT2D eigenvalue weighted by molar-refractivity contribution is 5.67. The molecule has 0 spiro atoms. The molecule has 0 bridgehead atoms. The van der Waals surface area contributed by atoms with Crippen LogP contribution < -0.4 is 10.5 Å². The predicted molar refractivity (Wildman–Crippen MR) is 93.9 cm³/mol. The summed E-state index contributed by atoms with van der Waals surface area (Å²) in [7, 11) is 0. The molecular formula is C19H23N3O. The fraction of sp³-hybridized carbons (Fsp3) is 0.316. The lowest BCUT2D eigenvalue weighted by molar-refractivity contribution is 0.242. The molecule has 0 fully saturated rings. The van der Waals surface area contributed by atoms with Crippen molar-refractivity contribution in [2.24, 2.45) is 5.73 Å². The lowest BCUT2D eigenvalue weighted by Gasteiger charge is -2.10. The van der Waals surface area contributed by atoms with Crippen LogP contribution in [0.1, 0.15) is 25.2 Å². The number of nitrogens with zero attached hydrogens (tertiary/aromatic N) is 2. The van der Waals surface area contributed by atoms with Gasteiger partial charge in [-0.25, -0.2) is 4.98 Å². The summed E-state index contributed by atoms with van der Waals surface area (Å²) >= 11 is 0. The largest absolute Gasteiger partial charge is 0.491 e. The fourth-order valence-corrected chi connectivity index (χ4v) is 2.89. The summed E-state index contributed by atoms with van der Waals surface area (Å²) in [5, 5.41) is 0. The molecule has 2 N–H and O–H groups in total. The van der Waals surface area contributed by atoms with E-state index in [9.17, 15) is 0 Å². The Morgan fingerprint density at radius 1 is 1.13 bits per heavy atom. The zero-order valence-corrected chi connectivity index (χ0v) is 13.9. The topological polar surface area (TPSA) is 52.5 Å². The van der Waals surface area contributed by atoms with E-state index in [0.717, 1.165) is 34.8 Å². The number of benzene rings is 1. The molecule has 120 valence electrons. The molecule has 23 heavy (non-hydrogen) atoms. The number of nitrogens with two attached hydrogens (primary N) is 1. The van der Waals surface area contributed by atoms with Crippen molar-refractivity contribution in [1.29, 1.82) is 0 Å². The number of rotatable bonds is 5. The van der Waals surface area contributed by atoms with Crippen molar-refractivity contribution in [3.63, 3.8) is 0 Å². The van der Waals surface area contributed by atoms with Gasteiger partial charge in [-0.2, -0.15) is 0 Å². The second-order valence-corrected chi connectivity index (χ2v) is 6.00. The Morgan fingerprint density at radius 3 is 2.52 bits per heavy atom. The normalized spacial score (nSPS) is 11.3. The lowest BCUT2D eigenvalue weighted by atomic mass is 10.1. The Bertz CT molecular complexity index is 803. The molecule has 4 nitrogen and oxygen atoms in total. The maximum atomic E-state index is 5.83. The zero-order chi connectivity index (χ0) is 16.4. The molecule has 0 aliphatic carbocycles. The standard InChI is InChI=1S/C19H23N3O/c1-13(2)23-16-9-7-15(8-10-16)19-17(11-12-20)22-14(3)5-4-6-18(22)21-19/h4-10,13H,11-12,20H2,1-3H3. The van der Waals surface area contributed by atoms with Crippen LogP contribution in [0.25, 0.3) is 16.9 Å². The molecule has 0 atom stereocenters. The molecule has 0 amide bonds. The first-order chi connectivity index (χ1) is 11.1. The third-order valence-electron chi connectivity index (χ3n) is 3.81. The van der Waals surface area contributed by atoms with Crippen molar-refractivity contribution < 1.29 is 4.74 Å². The van der Waals surface area contributed by atoms with Crippen LogP contribution in [-0.4, -0.2) is 22.0 Å². The van der Waals surface area contributed by atoms with Gasteiger partial charge in [-0.05, 0) is 63.7 Å². The molecule has 4 heteroatoms. The van der Waals surface area contributed by atoms with Gasteiger partial charge in [0.1, 0.15) is 11.4 Å². The van der Waals surface area contributed by atoms with Gasteiger partial charge in [0.15, 0.2) is 0 Å². The summed E-state index contributed by atoms with van der Waals surface area (Å²) in [6, 6.07) is 14.3. The third kappa shape index (κ3) is 3.08. The predicted octanol–water partition coefficient (Wildman–Crippen LogP) is 3.60. The van der Waals surface area contributed by atoms with Gasteiger partial charge in [-0.15, -0.1) is 0 Å². The SMILES string of the molecule is Cc1cccc2nc(-c3ccc(OC(C)C)cc3)c(CCN)n12. The molecule has 0 aliphatic rings. The van der Waals surface area contributed by atoms with E-state index in [4.69, 9.17) is 15.5 Å². The second-order valence-electron chi connectivity index (χ2n) is 6.00. The quantitative estimate of drug-likeness (QED) is 0.783. The summed E-state index contributed by atoms with van der Waals surface area (Å²) in [5.41, 5.74) is 11.2. The van der Waals surface area contributed by atoms with Crippen molar-refractivity contribution in [3.05, 3.63) is 53.9 Å². The number of aromatic nitrogens is 2. The highest BCUT2D eigenvalue weighted by atomic mass is 16.5. The maximum Gasteiger partial charge on any atom is 0.137 e. The van der Waals surface area contributed by atoms with Gasteiger partial charge >= 0.3 is 0 Å². The minimum absolute atomic E-state index is 0.173. The molecule has 0 saturated heterocycles. The van der Waals surface area contributed by atoms with E-state index in [1.54, 1.807) is 0 Å².